The van der Waals surface area contributed by atoms with Crippen LogP contribution in [0.1, 0.15) is 37.1 Å². The highest BCUT2D eigenvalue weighted by molar-refractivity contribution is 6.31. The molecule has 2 aromatic rings. The first-order valence-corrected chi connectivity index (χ1v) is 9.31. The number of carbonyl (C=O) groups excluding carboxylic acids is 1. The Morgan fingerprint density at radius 1 is 1.31 bits per heavy atom. The van der Waals surface area contributed by atoms with E-state index in [1.807, 2.05) is 37.5 Å². The van der Waals surface area contributed by atoms with E-state index in [-0.39, 0.29) is 11.9 Å². The molecule has 1 aromatic heterocycles. The molecule has 2 rings (SSSR count). The fraction of sp³-hybridized carbons (Fsp3) is 0.474. The Morgan fingerprint density at radius 2 is 2.00 bits per heavy atom. The van der Waals surface area contributed by atoms with Gasteiger partial charge in [-0.3, -0.25) is 14.4 Å². The molecule has 0 fully saturated rings. The van der Waals surface area contributed by atoms with E-state index >= 15 is 0 Å². The van der Waals surface area contributed by atoms with Crippen LogP contribution in [0.2, 0.25) is 5.02 Å². The summed E-state index contributed by atoms with van der Waals surface area (Å²) in [5, 5.41) is 11.0. The normalized spacial score (nSPS) is 13.6. The smallest absolute Gasteiger partial charge is 0.241 e. The third kappa shape index (κ3) is 4.84. The number of amides is 1. The van der Waals surface area contributed by atoms with Gasteiger partial charge in [0, 0.05) is 30.4 Å². The van der Waals surface area contributed by atoms with Gasteiger partial charge in [0.25, 0.3) is 0 Å². The largest absolute Gasteiger partial charge is 0.353 e. The SMILES string of the molecule is CCN(CC)C(CNC(=O)C(NC)c1cnn(C)c1)c1ccccc1Cl. The molecule has 2 unspecified atom stereocenters. The molecule has 0 radical (unpaired) electrons. The zero-order valence-electron chi connectivity index (χ0n) is 15.9. The molecule has 6 nitrogen and oxygen atoms in total. The highest BCUT2D eigenvalue weighted by Crippen LogP contribution is 2.27. The maximum absolute atomic E-state index is 12.7. The molecule has 7 heteroatoms. The van der Waals surface area contributed by atoms with Crippen LogP contribution < -0.4 is 10.6 Å². The van der Waals surface area contributed by atoms with Crippen LogP contribution in [0, 0.1) is 0 Å². The van der Waals surface area contributed by atoms with E-state index in [0.29, 0.717) is 6.54 Å². The lowest BCUT2D eigenvalue weighted by Gasteiger charge is -2.31. The van der Waals surface area contributed by atoms with E-state index in [2.05, 4.69) is 34.5 Å². The Morgan fingerprint density at radius 3 is 2.54 bits per heavy atom. The molecular weight excluding hydrogens is 350 g/mol. The molecule has 26 heavy (non-hydrogen) atoms. The molecule has 2 N–H and O–H groups in total. The zero-order chi connectivity index (χ0) is 19.1. The molecule has 1 aromatic carbocycles. The molecule has 1 heterocycles. The number of halogens is 1. The molecule has 0 spiro atoms. The van der Waals surface area contributed by atoms with Gasteiger partial charge >= 0.3 is 0 Å². The van der Waals surface area contributed by atoms with Gasteiger partial charge in [0.05, 0.1) is 12.2 Å². The van der Waals surface area contributed by atoms with Crippen molar-refractivity contribution in [2.75, 3.05) is 26.7 Å². The van der Waals surface area contributed by atoms with Crippen molar-refractivity contribution >= 4 is 17.5 Å². The second-order valence-electron chi connectivity index (χ2n) is 6.17. The Kier molecular flexibility index (Phi) is 7.63. The number of hydrogen-bond acceptors (Lipinski definition) is 4. The maximum Gasteiger partial charge on any atom is 0.241 e. The predicted octanol–water partition coefficient (Wildman–Crippen LogP) is 2.53. The van der Waals surface area contributed by atoms with E-state index in [1.54, 1.807) is 17.9 Å². The lowest BCUT2D eigenvalue weighted by molar-refractivity contribution is -0.123. The van der Waals surface area contributed by atoms with E-state index in [1.165, 1.54) is 0 Å². The second-order valence-corrected chi connectivity index (χ2v) is 6.58. The lowest BCUT2D eigenvalue weighted by Crippen LogP contribution is -2.42. The Labute approximate surface area is 160 Å². The van der Waals surface area contributed by atoms with Crippen LogP contribution in [0.4, 0.5) is 0 Å². The van der Waals surface area contributed by atoms with Crippen molar-refractivity contribution in [3.63, 3.8) is 0 Å². The van der Waals surface area contributed by atoms with Gasteiger partial charge < -0.3 is 10.6 Å². The molecular formula is C19H28ClN5O. The van der Waals surface area contributed by atoms with Gasteiger partial charge in [-0.15, -0.1) is 0 Å². The lowest BCUT2D eigenvalue weighted by atomic mass is 10.0. The van der Waals surface area contributed by atoms with Crippen molar-refractivity contribution in [2.24, 2.45) is 7.05 Å². The third-order valence-electron chi connectivity index (χ3n) is 4.60. The van der Waals surface area contributed by atoms with Gasteiger partial charge in [-0.05, 0) is 31.8 Å². The van der Waals surface area contributed by atoms with Crippen molar-refractivity contribution in [3.05, 3.63) is 52.8 Å². The van der Waals surface area contributed by atoms with E-state index in [4.69, 9.17) is 11.6 Å². The first-order valence-electron chi connectivity index (χ1n) is 8.93. The van der Waals surface area contributed by atoms with Gasteiger partial charge in [-0.25, -0.2) is 0 Å². The zero-order valence-corrected chi connectivity index (χ0v) is 16.6. The summed E-state index contributed by atoms with van der Waals surface area (Å²) in [5.41, 5.74) is 1.87. The average molecular weight is 378 g/mol. The monoisotopic (exact) mass is 377 g/mol. The Bertz CT molecular complexity index is 713. The minimum absolute atomic E-state index is 0.0223. The van der Waals surface area contributed by atoms with Crippen LogP contribution in [0.5, 0.6) is 0 Å². The van der Waals surface area contributed by atoms with Gasteiger partial charge in [0.2, 0.25) is 5.91 Å². The first kappa shape index (κ1) is 20.4. The number of likely N-dealkylation sites (N-methyl/N-ethyl adjacent to an activating group) is 2. The van der Waals surface area contributed by atoms with Crippen molar-refractivity contribution in [1.29, 1.82) is 0 Å². The quantitative estimate of drug-likeness (QED) is 0.705. The second kappa shape index (κ2) is 9.71. The minimum Gasteiger partial charge on any atom is -0.353 e. The maximum atomic E-state index is 12.7. The Hall–Kier alpha value is -1.89. The van der Waals surface area contributed by atoms with E-state index in [9.17, 15) is 4.79 Å². The fourth-order valence-electron chi connectivity index (χ4n) is 3.18. The van der Waals surface area contributed by atoms with Crippen molar-refractivity contribution in [1.82, 2.24) is 25.3 Å². The number of aromatic nitrogens is 2. The van der Waals surface area contributed by atoms with E-state index in [0.717, 1.165) is 29.2 Å². The summed E-state index contributed by atoms with van der Waals surface area (Å²) in [6.07, 6.45) is 3.55. The van der Waals surface area contributed by atoms with Crippen LogP contribution in [0.25, 0.3) is 0 Å². The Balaban J connectivity index is 2.15. The molecule has 0 aliphatic heterocycles. The molecule has 142 valence electrons. The fourth-order valence-corrected chi connectivity index (χ4v) is 3.44. The summed E-state index contributed by atoms with van der Waals surface area (Å²) in [6.45, 7) is 6.46. The standard InChI is InChI=1S/C19H28ClN5O/c1-5-25(6-2)17(15-9-7-8-10-16(15)20)12-22-19(26)18(21-3)14-11-23-24(4)13-14/h7-11,13,17-18,21H,5-6,12H2,1-4H3,(H,22,26). The number of hydrogen-bond donors (Lipinski definition) is 2. The number of nitrogens with zero attached hydrogens (tertiary/aromatic N) is 3. The molecule has 0 bridgehead atoms. The average Bonchev–Trinajstić information content (AvgIpc) is 3.06. The molecule has 2 atom stereocenters. The van der Waals surface area contributed by atoms with Gasteiger partial charge in [-0.2, -0.15) is 5.10 Å². The highest BCUT2D eigenvalue weighted by atomic mass is 35.5. The number of nitrogens with one attached hydrogen (secondary N) is 2. The van der Waals surface area contributed by atoms with Crippen LogP contribution >= 0.6 is 11.6 Å². The van der Waals surface area contributed by atoms with Crippen LogP contribution in [0.3, 0.4) is 0 Å². The summed E-state index contributed by atoms with van der Waals surface area (Å²) in [5.74, 6) is -0.0790. The molecule has 0 saturated heterocycles. The van der Waals surface area contributed by atoms with Gasteiger partial charge in [0.1, 0.15) is 6.04 Å². The summed E-state index contributed by atoms with van der Waals surface area (Å²) in [4.78, 5) is 15.0. The van der Waals surface area contributed by atoms with Crippen LogP contribution in [-0.4, -0.2) is 47.3 Å². The topological polar surface area (TPSA) is 62.2 Å². The molecule has 0 aliphatic rings. The summed E-state index contributed by atoms with van der Waals surface area (Å²) >= 11 is 6.42. The third-order valence-corrected chi connectivity index (χ3v) is 4.94. The molecule has 1 amide bonds. The molecule has 0 aliphatic carbocycles. The first-order chi connectivity index (χ1) is 12.5. The van der Waals surface area contributed by atoms with Crippen LogP contribution in [-0.2, 0) is 11.8 Å². The number of benzene rings is 1. The van der Waals surface area contributed by atoms with E-state index < -0.39 is 6.04 Å². The summed E-state index contributed by atoms with van der Waals surface area (Å²) in [7, 11) is 3.61. The molecule has 0 saturated carbocycles. The minimum atomic E-state index is -0.438. The van der Waals surface area contributed by atoms with Gasteiger partial charge in [0.15, 0.2) is 0 Å². The highest BCUT2D eigenvalue weighted by Gasteiger charge is 2.24. The number of aryl methyl sites for hydroxylation is 1. The number of rotatable bonds is 9. The van der Waals surface area contributed by atoms with Crippen LogP contribution in [0.15, 0.2) is 36.7 Å². The predicted molar refractivity (Wildman–Crippen MR) is 105 cm³/mol. The summed E-state index contributed by atoms with van der Waals surface area (Å²) < 4.78 is 1.69. The summed E-state index contributed by atoms with van der Waals surface area (Å²) in [6, 6.07) is 7.39. The number of carbonyl (C=O) groups is 1. The van der Waals surface area contributed by atoms with Crippen molar-refractivity contribution in [2.45, 2.75) is 25.9 Å². The van der Waals surface area contributed by atoms with Crippen molar-refractivity contribution < 1.29 is 4.79 Å². The van der Waals surface area contributed by atoms with Gasteiger partial charge in [-0.1, -0.05) is 43.6 Å². The van der Waals surface area contributed by atoms with Crippen molar-refractivity contribution in [3.8, 4) is 0 Å².